The summed E-state index contributed by atoms with van der Waals surface area (Å²) in [5.41, 5.74) is -0.719. The minimum atomic E-state index is -1.23. The number of hydrogen-bond donors (Lipinski definition) is 1. The number of ether oxygens (including phenoxy) is 1. The van der Waals surface area contributed by atoms with Crippen LogP contribution in [0, 0.1) is 21.7 Å². The first-order chi connectivity index (χ1) is 9.52. The van der Waals surface area contributed by atoms with Gasteiger partial charge in [-0.25, -0.2) is 9.37 Å². The van der Waals surface area contributed by atoms with E-state index < -0.39 is 34.6 Å². The van der Waals surface area contributed by atoms with Crippen LogP contribution in [-0.2, 0) is 6.61 Å². The molecule has 0 radical (unpaired) electrons. The molecule has 6 nitrogen and oxygen atoms in total. The lowest BCUT2D eigenvalue weighted by molar-refractivity contribution is -0.387. The van der Waals surface area contributed by atoms with Gasteiger partial charge < -0.3 is 9.84 Å². The Bertz CT molecular complexity index is 664. The van der Waals surface area contributed by atoms with Crippen molar-refractivity contribution in [3.05, 3.63) is 57.8 Å². The topological polar surface area (TPSA) is 85.5 Å². The zero-order chi connectivity index (χ0) is 14.7. The van der Waals surface area contributed by atoms with Gasteiger partial charge in [0.15, 0.2) is 11.6 Å². The van der Waals surface area contributed by atoms with E-state index in [2.05, 4.69) is 4.98 Å². The summed E-state index contributed by atoms with van der Waals surface area (Å²) < 4.78 is 32.1. The molecule has 0 aliphatic heterocycles. The second-order valence-corrected chi connectivity index (χ2v) is 3.72. The number of aliphatic hydroxyl groups excluding tert-OH is 1. The number of aromatic nitrogens is 1. The van der Waals surface area contributed by atoms with E-state index in [-0.39, 0.29) is 11.4 Å². The van der Waals surface area contributed by atoms with E-state index in [9.17, 15) is 18.9 Å². The number of nitro benzene ring substituents is 1. The van der Waals surface area contributed by atoms with E-state index >= 15 is 0 Å². The van der Waals surface area contributed by atoms with Gasteiger partial charge in [-0.1, -0.05) is 0 Å². The van der Waals surface area contributed by atoms with Gasteiger partial charge in [0, 0.05) is 17.8 Å². The van der Waals surface area contributed by atoms with Crippen LogP contribution in [-0.4, -0.2) is 15.0 Å². The second kappa shape index (κ2) is 5.57. The molecule has 8 heteroatoms. The maximum atomic E-state index is 13.6. The van der Waals surface area contributed by atoms with E-state index in [0.29, 0.717) is 12.1 Å². The van der Waals surface area contributed by atoms with Crippen molar-refractivity contribution in [2.45, 2.75) is 6.61 Å². The summed E-state index contributed by atoms with van der Waals surface area (Å²) in [6, 6.07) is 4.00. The molecule has 0 amide bonds. The van der Waals surface area contributed by atoms with E-state index in [4.69, 9.17) is 9.84 Å². The zero-order valence-corrected chi connectivity index (χ0v) is 9.92. The lowest BCUT2D eigenvalue weighted by Gasteiger charge is -2.09. The molecule has 20 heavy (non-hydrogen) atoms. The van der Waals surface area contributed by atoms with Gasteiger partial charge in [-0.05, 0) is 12.1 Å². The molecule has 0 fully saturated rings. The first kappa shape index (κ1) is 13.8. The smallest absolute Gasteiger partial charge is 0.307 e. The molecule has 0 aliphatic rings. The maximum absolute atomic E-state index is 13.6. The molecule has 1 aromatic heterocycles. The highest BCUT2D eigenvalue weighted by molar-refractivity contribution is 5.41. The molecule has 1 N–H and O–H groups in total. The SMILES string of the molecule is O=[N+]([O-])c1cc(F)c(Oc2ncccc2CO)cc1F. The second-order valence-electron chi connectivity index (χ2n) is 3.72. The lowest BCUT2D eigenvalue weighted by Crippen LogP contribution is -1.99. The number of halogens is 2. The average molecular weight is 282 g/mol. The Balaban J connectivity index is 2.39. The number of nitro groups is 1. The summed E-state index contributed by atoms with van der Waals surface area (Å²) >= 11 is 0. The number of benzene rings is 1. The molecule has 2 aromatic rings. The molecule has 104 valence electrons. The van der Waals surface area contributed by atoms with Crippen LogP contribution >= 0.6 is 0 Å². The van der Waals surface area contributed by atoms with Crippen molar-refractivity contribution in [3.8, 4) is 11.6 Å². The highest BCUT2D eigenvalue weighted by atomic mass is 19.1. The fraction of sp³-hybridized carbons (Fsp3) is 0.0833. The van der Waals surface area contributed by atoms with E-state index in [0.717, 1.165) is 0 Å². The standard InChI is InChI=1S/C12H8F2N2O4/c13-8-5-11(9(14)4-10(8)16(18)19)20-12-7(6-17)2-1-3-15-12/h1-5,17H,6H2. The Morgan fingerprint density at radius 3 is 2.75 bits per heavy atom. The fourth-order valence-corrected chi connectivity index (χ4v) is 1.48. The molecular formula is C12H8F2N2O4. The van der Waals surface area contributed by atoms with Crippen LogP contribution in [0.25, 0.3) is 0 Å². The highest BCUT2D eigenvalue weighted by Gasteiger charge is 2.20. The molecule has 0 atom stereocenters. The van der Waals surface area contributed by atoms with Crippen molar-refractivity contribution in [3.63, 3.8) is 0 Å². The quantitative estimate of drug-likeness (QED) is 0.688. The van der Waals surface area contributed by atoms with Gasteiger partial charge in [-0.2, -0.15) is 4.39 Å². The Kier molecular flexibility index (Phi) is 3.85. The van der Waals surface area contributed by atoms with E-state index in [1.165, 1.54) is 18.3 Å². The molecule has 0 saturated carbocycles. The summed E-state index contributed by atoms with van der Waals surface area (Å²) in [7, 11) is 0. The molecular weight excluding hydrogens is 274 g/mol. The third kappa shape index (κ3) is 2.69. The van der Waals surface area contributed by atoms with Crippen molar-refractivity contribution >= 4 is 5.69 Å². The summed E-state index contributed by atoms with van der Waals surface area (Å²) in [4.78, 5) is 13.2. The Morgan fingerprint density at radius 2 is 2.10 bits per heavy atom. The van der Waals surface area contributed by atoms with Crippen LogP contribution in [0.4, 0.5) is 14.5 Å². The van der Waals surface area contributed by atoms with Gasteiger partial charge in [0.1, 0.15) is 0 Å². The maximum Gasteiger partial charge on any atom is 0.307 e. The van der Waals surface area contributed by atoms with Crippen LogP contribution < -0.4 is 4.74 Å². The zero-order valence-electron chi connectivity index (χ0n) is 9.92. The lowest BCUT2D eigenvalue weighted by atomic mass is 10.2. The fourth-order valence-electron chi connectivity index (χ4n) is 1.48. The van der Waals surface area contributed by atoms with Crippen molar-refractivity contribution in [2.24, 2.45) is 0 Å². The molecule has 2 rings (SSSR count). The van der Waals surface area contributed by atoms with E-state index in [1.54, 1.807) is 0 Å². The Morgan fingerprint density at radius 1 is 1.35 bits per heavy atom. The monoisotopic (exact) mass is 282 g/mol. The number of hydrogen-bond acceptors (Lipinski definition) is 5. The van der Waals surface area contributed by atoms with Gasteiger partial charge in [-0.3, -0.25) is 10.1 Å². The van der Waals surface area contributed by atoms with Crippen molar-refractivity contribution < 1.29 is 23.5 Å². The van der Waals surface area contributed by atoms with Gasteiger partial charge in [0.25, 0.3) is 0 Å². The molecule has 0 saturated heterocycles. The largest absolute Gasteiger partial charge is 0.435 e. The number of pyridine rings is 1. The summed E-state index contributed by atoms with van der Waals surface area (Å²) in [6.45, 7) is -0.403. The number of rotatable bonds is 4. The van der Waals surface area contributed by atoms with Crippen LogP contribution in [0.1, 0.15) is 5.56 Å². The summed E-state index contributed by atoms with van der Waals surface area (Å²) in [6.07, 6.45) is 1.34. The van der Waals surface area contributed by atoms with Crippen LogP contribution in [0.15, 0.2) is 30.5 Å². The van der Waals surface area contributed by atoms with Crippen molar-refractivity contribution in [1.29, 1.82) is 0 Å². The minimum absolute atomic E-state index is 0.109. The molecule has 1 heterocycles. The van der Waals surface area contributed by atoms with Gasteiger partial charge in [0.2, 0.25) is 11.7 Å². The molecule has 0 unspecified atom stereocenters. The highest BCUT2D eigenvalue weighted by Crippen LogP contribution is 2.30. The molecule has 0 aliphatic carbocycles. The first-order valence-electron chi connectivity index (χ1n) is 5.39. The normalized spacial score (nSPS) is 10.3. The van der Waals surface area contributed by atoms with Gasteiger partial charge >= 0.3 is 5.69 Å². The average Bonchev–Trinajstić information content (AvgIpc) is 2.42. The van der Waals surface area contributed by atoms with E-state index in [1.807, 2.05) is 0 Å². The Labute approximate surface area is 111 Å². The van der Waals surface area contributed by atoms with Crippen LogP contribution in [0.3, 0.4) is 0 Å². The van der Waals surface area contributed by atoms with Crippen molar-refractivity contribution in [1.82, 2.24) is 4.98 Å². The molecule has 0 bridgehead atoms. The third-order valence-corrected chi connectivity index (χ3v) is 2.42. The predicted octanol–water partition coefficient (Wildman–Crippen LogP) is 2.55. The van der Waals surface area contributed by atoms with Crippen molar-refractivity contribution in [2.75, 3.05) is 0 Å². The van der Waals surface area contributed by atoms with Gasteiger partial charge in [-0.15, -0.1) is 0 Å². The summed E-state index contributed by atoms with van der Waals surface area (Å²) in [5.74, 6) is -3.00. The predicted molar refractivity (Wildman–Crippen MR) is 63.2 cm³/mol. The number of nitrogens with zero attached hydrogens (tertiary/aromatic N) is 2. The summed E-state index contributed by atoms with van der Waals surface area (Å²) in [5, 5.41) is 19.5. The number of aliphatic hydroxyl groups is 1. The molecule has 0 spiro atoms. The molecule has 1 aromatic carbocycles. The Hall–Kier alpha value is -2.61. The van der Waals surface area contributed by atoms with Gasteiger partial charge in [0.05, 0.1) is 17.6 Å². The third-order valence-electron chi connectivity index (χ3n) is 2.42. The van der Waals surface area contributed by atoms with Crippen LogP contribution in [0.2, 0.25) is 0 Å². The van der Waals surface area contributed by atoms with Crippen LogP contribution in [0.5, 0.6) is 11.6 Å². The first-order valence-corrected chi connectivity index (χ1v) is 5.39. The minimum Gasteiger partial charge on any atom is -0.435 e.